The Labute approximate surface area is 122 Å². The van der Waals surface area contributed by atoms with E-state index in [4.69, 9.17) is 9.84 Å². The van der Waals surface area contributed by atoms with Crippen molar-refractivity contribution in [2.75, 3.05) is 17.7 Å². The van der Waals surface area contributed by atoms with Crippen molar-refractivity contribution in [2.45, 2.75) is 12.4 Å². The van der Waals surface area contributed by atoms with Gasteiger partial charge in [0.1, 0.15) is 5.75 Å². The molecule has 0 aliphatic rings. The summed E-state index contributed by atoms with van der Waals surface area (Å²) < 4.78 is 40.8. The fourth-order valence-corrected chi connectivity index (χ4v) is 1.71. The fraction of sp³-hybridized carbons (Fsp3) is 0.333. The predicted molar refractivity (Wildman–Crippen MR) is 71.5 cm³/mol. The van der Waals surface area contributed by atoms with Gasteiger partial charge >= 0.3 is 11.5 Å². The number of carbonyl (C=O) groups is 2. The van der Waals surface area contributed by atoms with Crippen LogP contribution in [-0.4, -0.2) is 34.9 Å². The first-order valence-electron chi connectivity index (χ1n) is 5.63. The van der Waals surface area contributed by atoms with Crippen molar-refractivity contribution in [2.24, 2.45) is 0 Å². The normalized spacial score (nSPS) is 11.0. The Hall–Kier alpha value is -1.90. The number of carboxylic acid groups (broad SMARTS) is 1. The van der Waals surface area contributed by atoms with Crippen LogP contribution in [0.3, 0.4) is 0 Å². The summed E-state index contributed by atoms with van der Waals surface area (Å²) >= 11 is -0.421. The van der Waals surface area contributed by atoms with Crippen molar-refractivity contribution in [3.8, 4) is 5.75 Å². The van der Waals surface area contributed by atoms with E-state index in [1.165, 1.54) is 18.2 Å². The SMILES string of the molecule is Cc1cc(OCC(=O)O)ccc1NC(=O)CSC(F)(F)F. The van der Waals surface area contributed by atoms with E-state index in [1.807, 2.05) is 0 Å². The number of alkyl halides is 3. The van der Waals surface area contributed by atoms with Crippen LogP contribution >= 0.6 is 11.8 Å². The molecule has 1 rings (SSSR count). The maximum atomic E-state index is 12.0. The molecule has 0 unspecified atom stereocenters. The number of rotatable bonds is 6. The third-order valence-corrected chi connectivity index (χ3v) is 2.94. The first-order chi connectivity index (χ1) is 9.67. The quantitative estimate of drug-likeness (QED) is 0.842. The zero-order valence-electron chi connectivity index (χ0n) is 10.9. The fourth-order valence-electron chi connectivity index (χ4n) is 1.34. The number of hydrogen-bond donors (Lipinski definition) is 2. The van der Waals surface area contributed by atoms with Gasteiger partial charge in [-0.15, -0.1) is 0 Å². The van der Waals surface area contributed by atoms with Crippen molar-refractivity contribution >= 4 is 29.3 Å². The predicted octanol–water partition coefficient (Wildman–Crippen LogP) is 2.65. The summed E-state index contributed by atoms with van der Waals surface area (Å²) in [4.78, 5) is 21.7. The van der Waals surface area contributed by atoms with Crippen molar-refractivity contribution in [1.82, 2.24) is 0 Å². The maximum absolute atomic E-state index is 12.0. The Morgan fingerprint density at radius 3 is 2.57 bits per heavy atom. The standard InChI is InChI=1S/C12H12F3NO4S/c1-7-4-8(20-5-11(18)19)2-3-9(7)16-10(17)6-21-12(13,14)15/h2-4H,5-6H2,1H3,(H,16,17)(H,18,19). The molecule has 0 saturated carbocycles. The Morgan fingerprint density at radius 1 is 1.38 bits per heavy atom. The first kappa shape index (κ1) is 17.2. The Morgan fingerprint density at radius 2 is 2.05 bits per heavy atom. The molecule has 0 aliphatic heterocycles. The van der Waals surface area contributed by atoms with E-state index in [-0.39, 0.29) is 5.75 Å². The number of aliphatic carboxylic acids is 1. The Balaban J connectivity index is 2.60. The second-order valence-corrected chi connectivity index (χ2v) is 4.98. The molecule has 0 radical (unpaired) electrons. The van der Waals surface area contributed by atoms with E-state index in [9.17, 15) is 22.8 Å². The highest BCUT2D eigenvalue weighted by Gasteiger charge is 2.29. The summed E-state index contributed by atoms with van der Waals surface area (Å²) in [6, 6.07) is 4.33. The number of aryl methyl sites for hydroxylation is 1. The number of ether oxygens (including phenoxy) is 1. The number of anilines is 1. The number of thioether (sulfide) groups is 1. The Kier molecular flexibility index (Phi) is 5.89. The van der Waals surface area contributed by atoms with Gasteiger partial charge in [-0.1, -0.05) is 0 Å². The molecule has 1 amide bonds. The molecular formula is C12H12F3NO4S. The van der Waals surface area contributed by atoms with Crippen LogP contribution in [0.1, 0.15) is 5.56 Å². The molecule has 0 heterocycles. The second kappa shape index (κ2) is 7.21. The topological polar surface area (TPSA) is 75.6 Å². The van der Waals surface area contributed by atoms with E-state index in [2.05, 4.69) is 5.32 Å². The van der Waals surface area contributed by atoms with E-state index in [0.717, 1.165) is 0 Å². The first-order valence-corrected chi connectivity index (χ1v) is 6.62. The van der Waals surface area contributed by atoms with Gasteiger partial charge < -0.3 is 15.2 Å². The highest BCUT2D eigenvalue weighted by molar-refractivity contribution is 8.00. The van der Waals surface area contributed by atoms with Gasteiger partial charge in [0.25, 0.3) is 0 Å². The van der Waals surface area contributed by atoms with Crippen LogP contribution in [0, 0.1) is 6.92 Å². The number of nitrogens with one attached hydrogen (secondary N) is 1. The highest BCUT2D eigenvalue weighted by Crippen LogP contribution is 2.30. The van der Waals surface area contributed by atoms with Gasteiger partial charge in [0.15, 0.2) is 6.61 Å². The van der Waals surface area contributed by atoms with E-state index < -0.39 is 41.5 Å². The second-order valence-electron chi connectivity index (χ2n) is 3.94. The van der Waals surface area contributed by atoms with E-state index >= 15 is 0 Å². The summed E-state index contributed by atoms with van der Waals surface area (Å²) in [5, 5.41) is 10.8. The van der Waals surface area contributed by atoms with Crippen molar-refractivity contribution < 1.29 is 32.6 Å². The van der Waals surface area contributed by atoms with Gasteiger partial charge in [-0.05, 0) is 42.4 Å². The lowest BCUT2D eigenvalue weighted by Gasteiger charge is -2.11. The van der Waals surface area contributed by atoms with Gasteiger partial charge in [0.2, 0.25) is 5.91 Å². The van der Waals surface area contributed by atoms with Crippen LogP contribution < -0.4 is 10.1 Å². The number of carboxylic acids is 1. The largest absolute Gasteiger partial charge is 0.482 e. The molecule has 0 atom stereocenters. The molecule has 0 aliphatic carbocycles. The van der Waals surface area contributed by atoms with Crippen LogP contribution in [0.2, 0.25) is 0 Å². The van der Waals surface area contributed by atoms with E-state index in [1.54, 1.807) is 6.92 Å². The molecule has 0 fully saturated rings. The van der Waals surface area contributed by atoms with Crippen molar-refractivity contribution in [3.05, 3.63) is 23.8 Å². The molecule has 116 valence electrons. The molecule has 0 saturated heterocycles. The monoisotopic (exact) mass is 323 g/mol. The highest BCUT2D eigenvalue weighted by atomic mass is 32.2. The summed E-state index contributed by atoms with van der Waals surface area (Å²) in [6.07, 6.45) is 0. The number of benzene rings is 1. The molecule has 0 bridgehead atoms. The molecule has 5 nitrogen and oxygen atoms in total. The molecule has 0 spiro atoms. The van der Waals surface area contributed by atoms with Crippen LogP contribution in [-0.2, 0) is 9.59 Å². The maximum Gasteiger partial charge on any atom is 0.442 e. The van der Waals surface area contributed by atoms with Crippen LogP contribution in [0.25, 0.3) is 0 Å². The lowest BCUT2D eigenvalue weighted by molar-refractivity contribution is -0.139. The number of amides is 1. The van der Waals surface area contributed by atoms with Crippen molar-refractivity contribution in [1.29, 1.82) is 0 Å². The third kappa shape index (κ3) is 6.89. The molecule has 2 N–H and O–H groups in total. The molecule has 0 aromatic heterocycles. The van der Waals surface area contributed by atoms with Crippen LogP contribution in [0.15, 0.2) is 18.2 Å². The summed E-state index contributed by atoms with van der Waals surface area (Å²) in [6.45, 7) is 1.10. The zero-order valence-corrected chi connectivity index (χ0v) is 11.7. The zero-order chi connectivity index (χ0) is 16.0. The van der Waals surface area contributed by atoms with Gasteiger partial charge in [-0.2, -0.15) is 13.2 Å². The van der Waals surface area contributed by atoms with E-state index in [0.29, 0.717) is 11.3 Å². The molecule has 9 heteroatoms. The molecular weight excluding hydrogens is 311 g/mol. The number of halogens is 3. The Bertz CT molecular complexity index is 534. The third-order valence-electron chi connectivity index (χ3n) is 2.20. The summed E-state index contributed by atoms with van der Waals surface area (Å²) in [5.74, 6) is -2.35. The van der Waals surface area contributed by atoms with Gasteiger partial charge in [0, 0.05) is 5.69 Å². The summed E-state index contributed by atoms with van der Waals surface area (Å²) in [7, 11) is 0. The smallest absolute Gasteiger partial charge is 0.442 e. The van der Waals surface area contributed by atoms with Gasteiger partial charge in [-0.25, -0.2) is 4.79 Å². The van der Waals surface area contributed by atoms with Crippen LogP contribution in [0.5, 0.6) is 5.75 Å². The molecule has 1 aromatic rings. The average molecular weight is 323 g/mol. The minimum Gasteiger partial charge on any atom is -0.482 e. The average Bonchev–Trinajstić information content (AvgIpc) is 2.36. The van der Waals surface area contributed by atoms with Crippen molar-refractivity contribution in [3.63, 3.8) is 0 Å². The lowest BCUT2D eigenvalue weighted by Crippen LogP contribution is -2.17. The lowest BCUT2D eigenvalue weighted by atomic mass is 10.2. The van der Waals surface area contributed by atoms with Gasteiger partial charge in [0.05, 0.1) is 5.75 Å². The molecule has 21 heavy (non-hydrogen) atoms. The van der Waals surface area contributed by atoms with Crippen LogP contribution in [0.4, 0.5) is 18.9 Å². The number of hydrogen-bond acceptors (Lipinski definition) is 4. The van der Waals surface area contributed by atoms with Gasteiger partial charge in [-0.3, -0.25) is 4.79 Å². The minimum atomic E-state index is -4.46. The summed E-state index contributed by atoms with van der Waals surface area (Å²) in [5.41, 5.74) is -3.57. The number of carbonyl (C=O) groups excluding carboxylic acids is 1. The minimum absolute atomic E-state index is 0.289. The molecule has 1 aromatic carbocycles.